The first-order valence-corrected chi connectivity index (χ1v) is 5.83. The van der Waals surface area contributed by atoms with Gasteiger partial charge in [0, 0.05) is 24.5 Å². The van der Waals surface area contributed by atoms with Crippen LogP contribution in [-0.4, -0.2) is 16.5 Å². The van der Waals surface area contributed by atoms with Crippen molar-refractivity contribution in [1.82, 2.24) is 4.57 Å². The monoisotopic (exact) mass is 241 g/mol. The fourth-order valence-electron chi connectivity index (χ4n) is 2.18. The van der Waals surface area contributed by atoms with Gasteiger partial charge in [-0.25, -0.2) is 0 Å². The van der Waals surface area contributed by atoms with Crippen LogP contribution in [0, 0.1) is 11.3 Å². The fourth-order valence-corrected chi connectivity index (χ4v) is 2.18. The topological polar surface area (TPSA) is 71.8 Å². The SMILES string of the molecule is CC(=O)n1ccc2cc(C[C@@H](C)N)cc(C#N)c21. The van der Waals surface area contributed by atoms with Crippen molar-refractivity contribution in [3.63, 3.8) is 0 Å². The van der Waals surface area contributed by atoms with Crippen molar-refractivity contribution in [3.8, 4) is 6.07 Å². The van der Waals surface area contributed by atoms with Crippen LogP contribution in [0.2, 0.25) is 0 Å². The van der Waals surface area contributed by atoms with Crippen LogP contribution in [0.3, 0.4) is 0 Å². The second kappa shape index (κ2) is 4.63. The van der Waals surface area contributed by atoms with Crippen molar-refractivity contribution >= 4 is 16.8 Å². The highest BCUT2D eigenvalue weighted by Crippen LogP contribution is 2.23. The Bertz CT molecular complexity index is 647. The standard InChI is InChI=1S/C14H15N3O/c1-9(16)5-11-6-12-3-4-17(10(2)18)14(12)13(7-11)8-15/h3-4,6-7,9H,5,16H2,1-2H3/t9-/m1/s1. The van der Waals surface area contributed by atoms with Gasteiger partial charge in [-0.3, -0.25) is 9.36 Å². The van der Waals surface area contributed by atoms with Crippen LogP contribution in [0.15, 0.2) is 24.4 Å². The quantitative estimate of drug-likeness (QED) is 0.874. The number of benzene rings is 1. The van der Waals surface area contributed by atoms with E-state index in [1.807, 2.05) is 25.1 Å². The minimum Gasteiger partial charge on any atom is -0.328 e. The smallest absolute Gasteiger partial charge is 0.227 e. The zero-order chi connectivity index (χ0) is 13.3. The number of carbonyl (C=O) groups excluding carboxylic acids is 1. The van der Waals surface area contributed by atoms with Crippen LogP contribution in [0.1, 0.15) is 29.8 Å². The maximum absolute atomic E-state index is 11.5. The molecule has 0 radical (unpaired) electrons. The Morgan fingerprint density at radius 3 is 2.83 bits per heavy atom. The highest BCUT2D eigenvalue weighted by molar-refractivity contribution is 5.95. The van der Waals surface area contributed by atoms with Crippen LogP contribution in [0.25, 0.3) is 10.9 Å². The number of nitriles is 1. The normalized spacial score (nSPS) is 12.3. The lowest BCUT2D eigenvalue weighted by Crippen LogP contribution is -2.17. The van der Waals surface area contributed by atoms with E-state index >= 15 is 0 Å². The molecule has 0 aliphatic rings. The number of carbonyl (C=O) groups is 1. The Balaban J connectivity index is 2.66. The average Bonchev–Trinajstić information content (AvgIpc) is 2.70. The lowest BCUT2D eigenvalue weighted by molar-refractivity contribution is 0.0941. The van der Waals surface area contributed by atoms with Gasteiger partial charge in [-0.15, -0.1) is 0 Å². The number of nitrogens with two attached hydrogens (primary N) is 1. The molecule has 0 saturated heterocycles. The van der Waals surface area contributed by atoms with Gasteiger partial charge in [-0.2, -0.15) is 5.26 Å². The van der Waals surface area contributed by atoms with E-state index in [-0.39, 0.29) is 11.9 Å². The Morgan fingerprint density at radius 2 is 2.28 bits per heavy atom. The molecule has 0 unspecified atom stereocenters. The molecule has 1 aromatic heterocycles. The summed E-state index contributed by atoms with van der Waals surface area (Å²) in [4.78, 5) is 11.5. The molecular weight excluding hydrogens is 226 g/mol. The van der Waals surface area contributed by atoms with Gasteiger partial charge < -0.3 is 5.73 Å². The first-order chi connectivity index (χ1) is 8.52. The number of hydrogen-bond donors (Lipinski definition) is 1. The van der Waals surface area contributed by atoms with Gasteiger partial charge in [-0.05, 0) is 37.1 Å². The van der Waals surface area contributed by atoms with E-state index in [2.05, 4.69) is 6.07 Å². The number of hydrogen-bond acceptors (Lipinski definition) is 3. The van der Waals surface area contributed by atoms with Gasteiger partial charge in [0.25, 0.3) is 0 Å². The number of aromatic nitrogens is 1. The summed E-state index contributed by atoms with van der Waals surface area (Å²) in [6, 6.07) is 7.84. The molecule has 2 N–H and O–H groups in total. The molecule has 0 spiro atoms. The molecule has 0 aliphatic carbocycles. The van der Waals surface area contributed by atoms with E-state index in [0.717, 1.165) is 17.4 Å². The van der Waals surface area contributed by atoms with Crippen LogP contribution in [0.5, 0.6) is 0 Å². The minimum atomic E-state index is -0.0959. The molecule has 1 aromatic carbocycles. The van der Waals surface area contributed by atoms with E-state index in [0.29, 0.717) is 11.1 Å². The van der Waals surface area contributed by atoms with Gasteiger partial charge >= 0.3 is 0 Å². The largest absolute Gasteiger partial charge is 0.328 e. The van der Waals surface area contributed by atoms with Crippen LogP contribution >= 0.6 is 0 Å². The van der Waals surface area contributed by atoms with Gasteiger partial charge in [0.15, 0.2) is 0 Å². The predicted molar refractivity (Wildman–Crippen MR) is 70.3 cm³/mol. The maximum atomic E-state index is 11.5. The van der Waals surface area contributed by atoms with E-state index in [9.17, 15) is 10.1 Å². The Labute approximate surface area is 106 Å². The van der Waals surface area contributed by atoms with Gasteiger partial charge in [0.2, 0.25) is 5.91 Å². The third kappa shape index (κ3) is 2.13. The summed E-state index contributed by atoms with van der Waals surface area (Å²) in [7, 11) is 0. The molecule has 0 aliphatic heterocycles. The van der Waals surface area contributed by atoms with E-state index in [1.54, 1.807) is 6.20 Å². The van der Waals surface area contributed by atoms with Gasteiger partial charge in [0.1, 0.15) is 6.07 Å². The number of fused-ring (bicyclic) bond motifs is 1. The maximum Gasteiger partial charge on any atom is 0.227 e. The van der Waals surface area contributed by atoms with Crippen molar-refractivity contribution < 1.29 is 4.79 Å². The molecular formula is C14H15N3O. The summed E-state index contributed by atoms with van der Waals surface area (Å²) in [5.41, 5.74) is 7.99. The lowest BCUT2D eigenvalue weighted by atomic mass is 10.0. The molecule has 1 atom stereocenters. The van der Waals surface area contributed by atoms with Crippen molar-refractivity contribution in [2.24, 2.45) is 5.73 Å². The van der Waals surface area contributed by atoms with Crippen LogP contribution < -0.4 is 5.73 Å². The van der Waals surface area contributed by atoms with E-state index in [1.165, 1.54) is 11.5 Å². The summed E-state index contributed by atoms with van der Waals surface area (Å²) in [5.74, 6) is -0.0959. The Morgan fingerprint density at radius 1 is 1.56 bits per heavy atom. The van der Waals surface area contributed by atoms with E-state index < -0.39 is 0 Å². The van der Waals surface area contributed by atoms with Crippen molar-refractivity contribution in [2.45, 2.75) is 26.3 Å². The van der Waals surface area contributed by atoms with Gasteiger partial charge in [0.05, 0.1) is 11.1 Å². The molecule has 92 valence electrons. The first kappa shape index (κ1) is 12.3. The second-order valence-corrected chi connectivity index (χ2v) is 4.58. The summed E-state index contributed by atoms with van der Waals surface area (Å²) < 4.78 is 1.50. The molecule has 0 saturated carbocycles. The molecule has 2 aromatic rings. The summed E-state index contributed by atoms with van der Waals surface area (Å²) in [6.07, 6.45) is 2.42. The third-order valence-corrected chi connectivity index (χ3v) is 2.86. The highest BCUT2D eigenvalue weighted by Gasteiger charge is 2.11. The van der Waals surface area contributed by atoms with Crippen molar-refractivity contribution in [1.29, 1.82) is 5.26 Å². The Hall–Kier alpha value is -2.12. The fraction of sp³-hybridized carbons (Fsp3) is 0.286. The molecule has 18 heavy (non-hydrogen) atoms. The molecule has 1 heterocycles. The van der Waals surface area contributed by atoms with Crippen LogP contribution in [0.4, 0.5) is 0 Å². The molecule has 0 bridgehead atoms. The molecule has 0 fully saturated rings. The molecule has 4 nitrogen and oxygen atoms in total. The van der Waals surface area contributed by atoms with Crippen molar-refractivity contribution in [3.05, 3.63) is 35.5 Å². The van der Waals surface area contributed by atoms with E-state index in [4.69, 9.17) is 5.73 Å². The predicted octanol–water partition coefficient (Wildman–Crippen LogP) is 2.06. The first-order valence-electron chi connectivity index (χ1n) is 5.83. The highest BCUT2D eigenvalue weighted by atomic mass is 16.1. The molecule has 4 heteroatoms. The van der Waals surface area contributed by atoms with Gasteiger partial charge in [-0.1, -0.05) is 0 Å². The average molecular weight is 241 g/mol. The minimum absolute atomic E-state index is 0.0453. The summed E-state index contributed by atoms with van der Waals surface area (Å²) in [6.45, 7) is 3.41. The lowest BCUT2D eigenvalue weighted by Gasteiger charge is -2.08. The Kier molecular flexibility index (Phi) is 3.17. The molecule has 2 rings (SSSR count). The van der Waals surface area contributed by atoms with Crippen LogP contribution in [-0.2, 0) is 6.42 Å². The number of rotatable bonds is 2. The number of nitrogens with zero attached hydrogens (tertiary/aromatic N) is 2. The third-order valence-electron chi connectivity index (χ3n) is 2.86. The summed E-state index contributed by atoms with van der Waals surface area (Å²) >= 11 is 0. The zero-order valence-electron chi connectivity index (χ0n) is 10.5. The zero-order valence-corrected chi connectivity index (χ0v) is 10.5. The summed E-state index contributed by atoms with van der Waals surface area (Å²) in [5, 5.41) is 10.1. The van der Waals surface area contributed by atoms with Crippen molar-refractivity contribution in [2.75, 3.05) is 0 Å². The second-order valence-electron chi connectivity index (χ2n) is 4.58. The molecule has 0 amide bonds.